The minimum absolute atomic E-state index is 0.115. The summed E-state index contributed by atoms with van der Waals surface area (Å²) in [4.78, 5) is 71.6. The fourth-order valence-electron chi connectivity index (χ4n) is 3.66. The molecular weight excluding hydrogens is 532 g/mol. The molecule has 0 unspecified atom stereocenters. The summed E-state index contributed by atoms with van der Waals surface area (Å²) in [6, 6.07) is 5.67. The average molecular weight is 563 g/mol. The summed E-state index contributed by atoms with van der Waals surface area (Å²) >= 11 is 3.97. The third kappa shape index (κ3) is 8.88. The van der Waals surface area contributed by atoms with Crippen LogP contribution in [0.15, 0.2) is 30.3 Å². The van der Waals surface area contributed by atoms with Crippen LogP contribution in [0, 0.1) is 6.92 Å². The number of benzene rings is 1. The summed E-state index contributed by atoms with van der Waals surface area (Å²) < 4.78 is 1.39. The second-order valence-electron chi connectivity index (χ2n) is 8.70. The van der Waals surface area contributed by atoms with E-state index in [4.69, 9.17) is 5.11 Å². The van der Waals surface area contributed by atoms with Crippen molar-refractivity contribution in [1.82, 2.24) is 15.2 Å². The Bertz CT molecular complexity index is 1260. The number of aryl methyl sites for hydroxylation is 1. The molecular formula is C25H30N4O9S. The van der Waals surface area contributed by atoms with Crippen LogP contribution in [0.3, 0.4) is 0 Å². The maximum Gasteiger partial charge on any atom is 0.326 e. The van der Waals surface area contributed by atoms with Gasteiger partial charge in [-0.1, -0.05) is 29.8 Å². The third-order valence-corrected chi connectivity index (χ3v) is 6.12. The average Bonchev–Trinajstić information content (AvgIpc) is 3.17. The van der Waals surface area contributed by atoms with Gasteiger partial charge in [0.25, 0.3) is 0 Å². The molecule has 0 aliphatic carbocycles. The van der Waals surface area contributed by atoms with E-state index in [-0.39, 0.29) is 41.5 Å². The number of carboxylic acids is 3. The molecule has 1 aromatic carbocycles. The Kier molecular flexibility index (Phi) is 11.1. The molecule has 0 aliphatic rings. The van der Waals surface area contributed by atoms with Gasteiger partial charge in [0.15, 0.2) is 0 Å². The first-order chi connectivity index (χ1) is 18.3. The van der Waals surface area contributed by atoms with Gasteiger partial charge in [-0.15, -0.1) is 0 Å². The van der Waals surface area contributed by atoms with E-state index in [1.54, 1.807) is 24.3 Å². The van der Waals surface area contributed by atoms with Crippen LogP contribution in [0.5, 0.6) is 0 Å². The molecule has 0 bridgehead atoms. The molecule has 39 heavy (non-hydrogen) atoms. The Labute approximate surface area is 229 Å². The minimum Gasteiger partial charge on any atom is -0.481 e. The molecule has 0 fully saturated rings. The molecule has 210 valence electrons. The number of amides is 2. The summed E-state index contributed by atoms with van der Waals surface area (Å²) in [5.74, 6) is -5.75. The number of carbonyl (C=O) groups is 6. The third-order valence-electron chi connectivity index (χ3n) is 5.76. The molecule has 6 N–H and O–H groups in total. The van der Waals surface area contributed by atoms with Crippen molar-refractivity contribution in [2.24, 2.45) is 7.05 Å². The highest BCUT2D eigenvalue weighted by molar-refractivity contribution is 7.80. The summed E-state index contributed by atoms with van der Waals surface area (Å²) in [5.41, 5.74) is 1.74. The zero-order valence-corrected chi connectivity index (χ0v) is 22.2. The van der Waals surface area contributed by atoms with Gasteiger partial charge >= 0.3 is 17.9 Å². The molecule has 1 heterocycles. The van der Waals surface area contributed by atoms with Gasteiger partial charge in [-0.05, 0) is 19.4 Å². The Morgan fingerprint density at radius 3 is 2.15 bits per heavy atom. The van der Waals surface area contributed by atoms with Gasteiger partial charge < -0.3 is 35.8 Å². The highest BCUT2D eigenvalue weighted by Gasteiger charge is 2.26. The highest BCUT2D eigenvalue weighted by Crippen LogP contribution is 2.25. The number of rotatable bonds is 15. The fraction of sp³-hybridized carbons (Fsp3) is 0.360. The smallest absolute Gasteiger partial charge is 0.326 e. The number of anilines is 1. The summed E-state index contributed by atoms with van der Waals surface area (Å²) in [7, 11) is 1.50. The topological polar surface area (TPSA) is 204 Å². The maximum atomic E-state index is 13.1. The predicted octanol–water partition coefficient (Wildman–Crippen LogP) is 0.452. The Morgan fingerprint density at radius 2 is 1.62 bits per heavy atom. The number of ketones is 1. The van der Waals surface area contributed by atoms with Crippen LogP contribution < -0.4 is 16.0 Å². The molecule has 2 rings (SSSR count). The number of nitrogens with zero attached hydrogens (tertiary/aromatic N) is 1. The van der Waals surface area contributed by atoms with Crippen molar-refractivity contribution in [3.63, 3.8) is 0 Å². The maximum absolute atomic E-state index is 13.1. The second-order valence-corrected chi connectivity index (χ2v) is 9.07. The molecule has 13 nitrogen and oxygen atoms in total. The predicted molar refractivity (Wildman–Crippen MR) is 142 cm³/mol. The first kappa shape index (κ1) is 30.9. The Hall–Kier alpha value is -4.33. The molecule has 0 saturated carbocycles. The van der Waals surface area contributed by atoms with Gasteiger partial charge in [-0.25, -0.2) is 4.79 Å². The Balaban J connectivity index is 2.19. The molecule has 2 atom stereocenters. The highest BCUT2D eigenvalue weighted by atomic mass is 32.1. The van der Waals surface area contributed by atoms with Crippen molar-refractivity contribution in [1.29, 1.82) is 0 Å². The molecule has 2 amide bonds. The summed E-state index contributed by atoms with van der Waals surface area (Å²) in [5, 5.41) is 35.0. The molecule has 14 heteroatoms. The summed E-state index contributed by atoms with van der Waals surface area (Å²) in [6.45, 7) is 1.22. The number of nitrogens with one attached hydrogen (secondary N) is 3. The molecule has 2 aromatic rings. The lowest BCUT2D eigenvalue weighted by Crippen LogP contribution is -2.49. The van der Waals surface area contributed by atoms with Crippen molar-refractivity contribution in [3.8, 4) is 0 Å². The van der Waals surface area contributed by atoms with E-state index >= 15 is 0 Å². The van der Waals surface area contributed by atoms with E-state index in [1.165, 1.54) is 17.7 Å². The quantitative estimate of drug-likeness (QED) is 0.118. The lowest BCUT2D eigenvalue weighted by Gasteiger charge is -2.18. The zero-order chi connectivity index (χ0) is 29.3. The second kappa shape index (κ2) is 14.0. The number of aliphatic carboxylic acids is 3. The van der Waals surface area contributed by atoms with Crippen molar-refractivity contribution in [2.45, 2.75) is 38.3 Å². The van der Waals surface area contributed by atoms with Gasteiger partial charge in [0.1, 0.15) is 18.6 Å². The van der Waals surface area contributed by atoms with Crippen LogP contribution in [0.25, 0.3) is 0 Å². The van der Waals surface area contributed by atoms with Crippen LogP contribution in [-0.4, -0.2) is 79.8 Å². The van der Waals surface area contributed by atoms with Gasteiger partial charge in [-0.2, -0.15) is 12.6 Å². The molecule has 0 radical (unpaired) electrons. The zero-order valence-electron chi connectivity index (χ0n) is 21.3. The van der Waals surface area contributed by atoms with Crippen molar-refractivity contribution in [2.75, 3.05) is 17.6 Å². The Morgan fingerprint density at radius 1 is 0.974 bits per heavy atom. The largest absolute Gasteiger partial charge is 0.481 e. The molecule has 0 aliphatic heterocycles. The van der Waals surface area contributed by atoms with E-state index in [0.717, 1.165) is 5.56 Å². The van der Waals surface area contributed by atoms with E-state index in [1.807, 2.05) is 6.92 Å². The molecule has 0 spiro atoms. The van der Waals surface area contributed by atoms with Crippen molar-refractivity contribution < 1.29 is 44.1 Å². The van der Waals surface area contributed by atoms with E-state index < -0.39 is 54.8 Å². The van der Waals surface area contributed by atoms with Crippen LogP contribution >= 0.6 is 12.6 Å². The normalized spacial score (nSPS) is 12.2. The first-order valence-electron chi connectivity index (χ1n) is 11.7. The molecule has 1 aromatic heterocycles. The SMILES string of the molecule is Cc1ccc(C(=O)c2cc(N[C@@H](CCC(=O)N[C@@H](CS)C(=O)NCC(=O)O)C(=O)O)c(CC(=O)O)n2C)cc1. The van der Waals surface area contributed by atoms with E-state index in [2.05, 4.69) is 28.6 Å². The van der Waals surface area contributed by atoms with E-state index in [9.17, 15) is 39.0 Å². The molecule has 0 saturated heterocycles. The van der Waals surface area contributed by atoms with Gasteiger partial charge in [0.05, 0.1) is 23.5 Å². The lowest BCUT2D eigenvalue weighted by atomic mass is 10.1. The van der Waals surface area contributed by atoms with Gasteiger partial charge in [0, 0.05) is 24.8 Å². The van der Waals surface area contributed by atoms with Gasteiger partial charge in [-0.3, -0.25) is 24.0 Å². The standard InChI is InChI=1S/C25H30N4O9S/c1-13-3-5-14(6-4-13)23(35)19-9-16(18(29(19)2)10-21(31)32)27-15(25(37)38)7-8-20(30)28-17(12-39)24(36)26-11-22(33)34/h3-6,9,15,17,27,39H,7-8,10-12H2,1-2H3,(H,26,36)(H,28,30)(H,31,32)(H,33,34)(H,37,38)/t15-,17-/m0/s1. The van der Waals surface area contributed by atoms with Crippen LogP contribution in [0.1, 0.15) is 40.2 Å². The van der Waals surface area contributed by atoms with Crippen LogP contribution in [0.4, 0.5) is 5.69 Å². The fourth-order valence-corrected chi connectivity index (χ4v) is 3.92. The number of hydrogen-bond donors (Lipinski definition) is 7. The van der Waals surface area contributed by atoms with Crippen LogP contribution in [-0.2, 0) is 37.4 Å². The minimum atomic E-state index is -1.34. The van der Waals surface area contributed by atoms with Gasteiger partial charge in [0.2, 0.25) is 17.6 Å². The lowest BCUT2D eigenvalue weighted by molar-refractivity contribution is -0.138. The number of aromatic nitrogens is 1. The number of carboxylic acid groups (broad SMARTS) is 3. The van der Waals surface area contributed by atoms with Crippen LogP contribution in [0.2, 0.25) is 0 Å². The summed E-state index contributed by atoms with van der Waals surface area (Å²) in [6.07, 6.45) is -1.08. The van der Waals surface area contributed by atoms with Crippen molar-refractivity contribution >= 4 is 53.8 Å². The van der Waals surface area contributed by atoms with Crippen molar-refractivity contribution in [3.05, 3.63) is 52.8 Å². The van der Waals surface area contributed by atoms with E-state index in [0.29, 0.717) is 5.56 Å². The number of hydrogen-bond acceptors (Lipinski definition) is 8. The number of carbonyl (C=O) groups excluding carboxylic acids is 3. The first-order valence-corrected chi connectivity index (χ1v) is 12.4. The monoisotopic (exact) mass is 562 g/mol. The number of thiol groups is 1.